The molecule has 0 aliphatic carbocycles. The Hall–Kier alpha value is -1.58. The zero-order valence-corrected chi connectivity index (χ0v) is 19.4. The van der Waals surface area contributed by atoms with Crippen LogP contribution >= 0.6 is 24.0 Å². The second kappa shape index (κ2) is 13.6. The largest absolute Gasteiger partial charge is 0.491 e. The summed E-state index contributed by atoms with van der Waals surface area (Å²) in [6.07, 6.45) is 2.17. The fourth-order valence-electron chi connectivity index (χ4n) is 3.14. The van der Waals surface area contributed by atoms with Gasteiger partial charge in [0.1, 0.15) is 12.4 Å². The van der Waals surface area contributed by atoms with Crippen LogP contribution in [0.4, 0.5) is 0 Å². The Kier molecular flexibility index (Phi) is 11.1. The van der Waals surface area contributed by atoms with Crippen molar-refractivity contribution < 1.29 is 14.2 Å². The highest BCUT2D eigenvalue weighted by Crippen LogP contribution is 2.24. The van der Waals surface area contributed by atoms with Crippen LogP contribution in [0.25, 0.3) is 10.8 Å². The third kappa shape index (κ3) is 7.98. The molecule has 0 radical (unpaired) electrons. The van der Waals surface area contributed by atoms with Crippen molar-refractivity contribution >= 4 is 40.7 Å². The van der Waals surface area contributed by atoms with E-state index in [-0.39, 0.29) is 30.1 Å². The van der Waals surface area contributed by atoms with Crippen molar-refractivity contribution in [3.05, 3.63) is 42.5 Å². The van der Waals surface area contributed by atoms with Crippen molar-refractivity contribution in [2.75, 3.05) is 46.1 Å². The summed E-state index contributed by atoms with van der Waals surface area (Å²) in [6, 6.07) is 14.4. The van der Waals surface area contributed by atoms with E-state index in [1.54, 1.807) is 0 Å². The van der Waals surface area contributed by atoms with E-state index in [9.17, 15) is 0 Å². The summed E-state index contributed by atoms with van der Waals surface area (Å²) in [7, 11) is 0. The van der Waals surface area contributed by atoms with Gasteiger partial charge in [0, 0.05) is 31.7 Å². The molecule has 1 unspecified atom stereocenters. The van der Waals surface area contributed by atoms with Crippen LogP contribution in [0, 0.1) is 0 Å². The van der Waals surface area contributed by atoms with Crippen LogP contribution in [-0.4, -0.2) is 58.1 Å². The van der Waals surface area contributed by atoms with Crippen LogP contribution < -0.4 is 15.4 Å². The van der Waals surface area contributed by atoms with Crippen LogP contribution in [0.3, 0.4) is 0 Å². The van der Waals surface area contributed by atoms with E-state index in [1.807, 2.05) is 24.3 Å². The highest BCUT2D eigenvalue weighted by atomic mass is 127. The SMILES string of the molecule is CCNC(=NCCCOC1CCOC1)NCCOc1cccc2ccccc12.I. The molecule has 0 amide bonds. The smallest absolute Gasteiger partial charge is 0.191 e. The first-order chi connectivity index (χ1) is 13.9. The fourth-order valence-corrected chi connectivity index (χ4v) is 3.14. The lowest BCUT2D eigenvalue weighted by molar-refractivity contribution is 0.0424. The first kappa shape index (κ1) is 23.7. The van der Waals surface area contributed by atoms with Gasteiger partial charge in [0.25, 0.3) is 0 Å². The average Bonchev–Trinajstić information content (AvgIpc) is 3.24. The minimum atomic E-state index is 0. The van der Waals surface area contributed by atoms with E-state index in [1.165, 1.54) is 5.39 Å². The van der Waals surface area contributed by atoms with Crippen LogP contribution in [-0.2, 0) is 9.47 Å². The van der Waals surface area contributed by atoms with E-state index >= 15 is 0 Å². The molecule has 2 aromatic rings. The van der Waals surface area contributed by atoms with Crippen molar-refractivity contribution in [2.24, 2.45) is 4.99 Å². The summed E-state index contributed by atoms with van der Waals surface area (Å²) in [5.74, 6) is 1.73. The molecule has 2 N–H and O–H groups in total. The molecule has 1 heterocycles. The molecule has 6 nitrogen and oxygen atoms in total. The molecular formula is C22H32IN3O3. The number of hydrogen-bond acceptors (Lipinski definition) is 4. The first-order valence-corrected chi connectivity index (χ1v) is 10.2. The lowest BCUT2D eigenvalue weighted by Crippen LogP contribution is -2.39. The second-order valence-electron chi connectivity index (χ2n) is 6.72. The van der Waals surface area contributed by atoms with E-state index < -0.39 is 0 Å². The van der Waals surface area contributed by atoms with E-state index in [4.69, 9.17) is 14.2 Å². The maximum atomic E-state index is 5.97. The van der Waals surface area contributed by atoms with Crippen molar-refractivity contribution in [3.63, 3.8) is 0 Å². The molecule has 0 saturated carbocycles. The number of guanidine groups is 1. The Bertz CT molecular complexity index is 746. The Balaban J connectivity index is 0.00000300. The normalized spacial score (nSPS) is 16.4. The van der Waals surface area contributed by atoms with Crippen molar-refractivity contribution in [1.29, 1.82) is 0 Å². The van der Waals surface area contributed by atoms with Gasteiger partial charge in [0.15, 0.2) is 5.96 Å². The van der Waals surface area contributed by atoms with Crippen molar-refractivity contribution in [2.45, 2.75) is 25.9 Å². The summed E-state index contributed by atoms with van der Waals surface area (Å²) in [6.45, 7) is 7.14. The number of aliphatic imine (C=N–C) groups is 1. The van der Waals surface area contributed by atoms with E-state index in [0.29, 0.717) is 13.2 Å². The third-order valence-corrected chi connectivity index (χ3v) is 4.56. The molecule has 0 bridgehead atoms. The lowest BCUT2D eigenvalue weighted by Gasteiger charge is -2.13. The highest BCUT2D eigenvalue weighted by Gasteiger charge is 2.15. The minimum Gasteiger partial charge on any atom is -0.491 e. The Morgan fingerprint density at radius 3 is 2.83 bits per heavy atom. The summed E-state index contributed by atoms with van der Waals surface area (Å²) < 4.78 is 17.1. The molecule has 29 heavy (non-hydrogen) atoms. The molecule has 1 saturated heterocycles. The molecule has 2 aromatic carbocycles. The Morgan fingerprint density at radius 2 is 2.00 bits per heavy atom. The minimum absolute atomic E-state index is 0. The zero-order valence-electron chi connectivity index (χ0n) is 17.1. The molecule has 0 spiro atoms. The molecule has 1 aliphatic rings. The molecule has 7 heteroatoms. The van der Waals surface area contributed by atoms with Crippen LogP contribution in [0.2, 0.25) is 0 Å². The topological polar surface area (TPSA) is 64.1 Å². The standard InChI is InChI=1S/C22H31N3O3.HI/c1-2-23-22(24-12-6-14-27-19-11-15-26-17-19)25-13-16-28-21-10-5-8-18-7-3-4-9-20(18)21;/h3-5,7-10,19H,2,6,11-17H2,1H3,(H2,23,24,25);1H. The summed E-state index contributed by atoms with van der Waals surface area (Å²) in [4.78, 5) is 4.60. The number of hydrogen-bond donors (Lipinski definition) is 2. The van der Waals surface area contributed by atoms with Gasteiger partial charge in [-0.3, -0.25) is 4.99 Å². The maximum absolute atomic E-state index is 5.97. The Morgan fingerprint density at radius 1 is 1.14 bits per heavy atom. The van der Waals surface area contributed by atoms with Gasteiger partial charge in [-0.1, -0.05) is 36.4 Å². The summed E-state index contributed by atoms with van der Waals surface area (Å²) in [5.41, 5.74) is 0. The number of benzene rings is 2. The monoisotopic (exact) mass is 513 g/mol. The molecule has 0 aromatic heterocycles. The van der Waals surface area contributed by atoms with Crippen molar-refractivity contribution in [1.82, 2.24) is 10.6 Å². The number of rotatable bonds is 10. The summed E-state index contributed by atoms with van der Waals surface area (Å²) in [5, 5.41) is 8.92. The van der Waals surface area contributed by atoms with Gasteiger partial charge in [-0.2, -0.15) is 0 Å². The van der Waals surface area contributed by atoms with Gasteiger partial charge in [0.2, 0.25) is 0 Å². The number of nitrogens with one attached hydrogen (secondary N) is 2. The highest BCUT2D eigenvalue weighted by molar-refractivity contribution is 14.0. The molecule has 160 valence electrons. The van der Waals surface area contributed by atoms with Crippen molar-refractivity contribution in [3.8, 4) is 5.75 Å². The predicted molar refractivity (Wildman–Crippen MR) is 129 cm³/mol. The van der Waals surface area contributed by atoms with Gasteiger partial charge in [0.05, 0.1) is 19.3 Å². The zero-order chi connectivity index (χ0) is 19.4. The summed E-state index contributed by atoms with van der Waals surface area (Å²) >= 11 is 0. The molecule has 1 aliphatic heterocycles. The molecule has 1 atom stereocenters. The van der Waals surface area contributed by atoms with Gasteiger partial charge in [-0.25, -0.2) is 0 Å². The fraction of sp³-hybridized carbons (Fsp3) is 0.500. The maximum Gasteiger partial charge on any atom is 0.191 e. The predicted octanol–water partition coefficient (Wildman–Crippen LogP) is 3.59. The molecular weight excluding hydrogens is 481 g/mol. The second-order valence-corrected chi connectivity index (χ2v) is 6.72. The first-order valence-electron chi connectivity index (χ1n) is 10.2. The lowest BCUT2D eigenvalue weighted by atomic mass is 10.1. The quantitative estimate of drug-likeness (QED) is 0.220. The number of nitrogens with zero attached hydrogens (tertiary/aromatic N) is 1. The molecule has 1 fully saturated rings. The van der Waals surface area contributed by atoms with E-state index in [2.05, 4.69) is 40.7 Å². The number of halogens is 1. The average molecular weight is 513 g/mol. The number of ether oxygens (including phenoxy) is 3. The third-order valence-electron chi connectivity index (χ3n) is 4.56. The van der Waals surface area contributed by atoms with Gasteiger partial charge >= 0.3 is 0 Å². The van der Waals surface area contributed by atoms with Crippen LogP contribution in [0.15, 0.2) is 47.5 Å². The Labute approximate surface area is 190 Å². The van der Waals surface area contributed by atoms with Crippen LogP contribution in [0.1, 0.15) is 19.8 Å². The van der Waals surface area contributed by atoms with Gasteiger partial charge in [-0.15, -0.1) is 24.0 Å². The van der Waals surface area contributed by atoms with Crippen LogP contribution in [0.5, 0.6) is 5.75 Å². The number of fused-ring (bicyclic) bond motifs is 1. The van der Waals surface area contributed by atoms with E-state index in [0.717, 1.165) is 62.8 Å². The molecule has 3 rings (SSSR count). The van der Waals surface area contributed by atoms with Gasteiger partial charge < -0.3 is 24.8 Å². The van der Waals surface area contributed by atoms with Gasteiger partial charge in [-0.05, 0) is 31.2 Å².